The molecular weight excluding hydrogens is 384 g/mol. The summed E-state index contributed by atoms with van der Waals surface area (Å²) in [7, 11) is 0. The molecule has 0 amide bonds. The van der Waals surface area contributed by atoms with Gasteiger partial charge in [-0.3, -0.25) is 4.57 Å². The molecule has 0 aliphatic carbocycles. The zero-order chi connectivity index (χ0) is 20.7. The van der Waals surface area contributed by atoms with Crippen molar-refractivity contribution in [3.05, 3.63) is 48.0 Å². The van der Waals surface area contributed by atoms with Gasteiger partial charge in [-0.25, -0.2) is 14.8 Å². The molecule has 3 heterocycles. The zero-order valence-electron chi connectivity index (χ0n) is 16.4. The lowest BCUT2D eigenvalue weighted by Crippen LogP contribution is -2.10. The van der Waals surface area contributed by atoms with Crippen LogP contribution in [0, 0.1) is 0 Å². The maximum Gasteiger partial charge on any atom is 0.344 e. The SMILES string of the molecule is CCCCOC(=O)c1c(N)n(-c2ccc3c(c2)OCO3)c2nc3ccccc3nc12. The highest BCUT2D eigenvalue weighted by Crippen LogP contribution is 2.37. The van der Waals surface area contributed by atoms with Gasteiger partial charge in [0.15, 0.2) is 17.1 Å². The number of esters is 1. The van der Waals surface area contributed by atoms with Gasteiger partial charge < -0.3 is 19.9 Å². The Bertz CT molecular complexity index is 1280. The van der Waals surface area contributed by atoms with E-state index >= 15 is 0 Å². The first-order valence-electron chi connectivity index (χ1n) is 9.81. The summed E-state index contributed by atoms with van der Waals surface area (Å²) in [5.41, 5.74) is 9.65. The summed E-state index contributed by atoms with van der Waals surface area (Å²) in [5, 5.41) is 0. The largest absolute Gasteiger partial charge is 0.462 e. The van der Waals surface area contributed by atoms with Gasteiger partial charge >= 0.3 is 5.97 Å². The first-order chi connectivity index (χ1) is 14.7. The van der Waals surface area contributed by atoms with E-state index in [4.69, 9.17) is 24.9 Å². The second-order valence-corrected chi connectivity index (χ2v) is 7.01. The van der Waals surface area contributed by atoms with Gasteiger partial charge in [-0.15, -0.1) is 0 Å². The van der Waals surface area contributed by atoms with Gasteiger partial charge in [-0.05, 0) is 30.7 Å². The summed E-state index contributed by atoms with van der Waals surface area (Å²) in [6, 6.07) is 12.9. The van der Waals surface area contributed by atoms with Gasteiger partial charge in [0, 0.05) is 6.07 Å². The zero-order valence-corrected chi connectivity index (χ0v) is 16.4. The molecule has 8 nitrogen and oxygen atoms in total. The number of ether oxygens (including phenoxy) is 3. The Morgan fingerprint density at radius 1 is 1.13 bits per heavy atom. The molecule has 2 N–H and O–H groups in total. The van der Waals surface area contributed by atoms with E-state index in [9.17, 15) is 4.79 Å². The van der Waals surface area contributed by atoms with Crippen molar-refractivity contribution in [3.63, 3.8) is 0 Å². The number of hydrogen-bond donors (Lipinski definition) is 1. The molecule has 152 valence electrons. The summed E-state index contributed by atoms with van der Waals surface area (Å²) < 4.78 is 18.0. The lowest BCUT2D eigenvalue weighted by Gasteiger charge is -2.09. The first-order valence-corrected chi connectivity index (χ1v) is 9.81. The Kier molecular flexibility index (Phi) is 4.39. The quantitative estimate of drug-likeness (QED) is 0.398. The summed E-state index contributed by atoms with van der Waals surface area (Å²) in [5.74, 6) is 0.981. The third-order valence-corrected chi connectivity index (χ3v) is 5.05. The molecule has 0 fully saturated rings. The third kappa shape index (κ3) is 2.88. The standard InChI is InChI=1S/C22H20N4O4/c1-2-3-10-28-22(27)18-19-21(25-15-7-5-4-6-14(15)24-19)26(20(18)23)13-8-9-16-17(11-13)30-12-29-16/h4-9,11H,2-3,10,12,23H2,1H3. The van der Waals surface area contributed by atoms with Crippen LogP contribution >= 0.6 is 0 Å². The number of fused-ring (bicyclic) bond motifs is 3. The molecular formula is C22H20N4O4. The van der Waals surface area contributed by atoms with Crippen LogP contribution in [0.2, 0.25) is 0 Å². The van der Waals surface area contributed by atoms with Crippen molar-refractivity contribution in [2.24, 2.45) is 0 Å². The van der Waals surface area contributed by atoms with Gasteiger partial charge in [-0.1, -0.05) is 25.5 Å². The molecule has 1 aliphatic heterocycles. The van der Waals surface area contributed by atoms with Crippen LogP contribution in [0.25, 0.3) is 27.9 Å². The average molecular weight is 404 g/mol. The third-order valence-electron chi connectivity index (χ3n) is 5.05. The van der Waals surface area contributed by atoms with E-state index in [0.29, 0.717) is 46.0 Å². The average Bonchev–Trinajstić information content (AvgIpc) is 3.33. The summed E-state index contributed by atoms with van der Waals surface area (Å²) in [6.45, 7) is 2.53. The fourth-order valence-electron chi connectivity index (χ4n) is 3.53. The number of unbranched alkanes of at least 4 members (excludes halogenated alkanes) is 1. The first kappa shape index (κ1) is 18.2. The second-order valence-electron chi connectivity index (χ2n) is 7.01. The van der Waals surface area contributed by atoms with Gasteiger partial charge in [0.05, 0.1) is 23.3 Å². The van der Waals surface area contributed by atoms with E-state index in [1.165, 1.54) is 0 Å². The molecule has 0 bridgehead atoms. The van der Waals surface area contributed by atoms with Gasteiger partial charge in [-0.2, -0.15) is 0 Å². The lowest BCUT2D eigenvalue weighted by molar-refractivity contribution is 0.0503. The van der Waals surface area contributed by atoms with E-state index in [0.717, 1.165) is 12.8 Å². The Labute approximate surface area is 172 Å². The maximum absolute atomic E-state index is 12.9. The van der Waals surface area contributed by atoms with Crippen LogP contribution in [-0.4, -0.2) is 33.9 Å². The van der Waals surface area contributed by atoms with Crippen molar-refractivity contribution in [2.45, 2.75) is 19.8 Å². The van der Waals surface area contributed by atoms with Crippen LogP contribution in [0.3, 0.4) is 0 Å². The number of anilines is 1. The van der Waals surface area contributed by atoms with Gasteiger partial charge in [0.2, 0.25) is 6.79 Å². The minimum absolute atomic E-state index is 0.167. The van der Waals surface area contributed by atoms with E-state index in [1.807, 2.05) is 37.3 Å². The predicted octanol–water partition coefficient (Wildman–Crippen LogP) is 3.84. The van der Waals surface area contributed by atoms with Crippen molar-refractivity contribution < 1.29 is 19.0 Å². The van der Waals surface area contributed by atoms with E-state index in [2.05, 4.69) is 4.98 Å². The number of hydrogen-bond acceptors (Lipinski definition) is 7. The van der Waals surface area contributed by atoms with Crippen molar-refractivity contribution in [2.75, 3.05) is 19.1 Å². The molecule has 0 unspecified atom stereocenters. The number of nitrogen functional groups attached to an aromatic ring is 1. The Balaban J connectivity index is 1.74. The number of nitrogens with two attached hydrogens (primary N) is 1. The fraction of sp³-hybridized carbons (Fsp3) is 0.227. The van der Waals surface area contributed by atoms with Crippen molar-refractivity contribution in [1.82, 2.24) is 14.5 Å². The second kappa shape index (κ2) is 7.22. The monoisotopic (exact) mass is 404 g/mol. The topological polar surface area (TPSA) is 101 Å². The van der Waals surface area contributed by atoms with E-state index < -0.39 is 5.97 Å². The number of benzene rings is 2. The normalized spacial score (nSPS) is 12.6. The van der Waals surface area contributed by atoms with Crippen LogP contribution < -0.4 is 15.2 Å². The number of para-hydroxylation sites is 2. The van der Waals surface area contributed by atoms with Crippen LogP contribution in [0.15, 0.2) is 42.5 Å². The summed E-state index contributed by atoms with van der Waals surface area (Å²) in [6.07, 6.45) is 1.70. The summed E-state index contributed by atoms with van der Waals surface area (Å²) >= 11 is 0. The van der Waals surface area contributed by atoms with E-state index in [-0.39, 0.29) is 18.2 Å². The molecule has 2 aromatic carbocycles. The van der Waals surface area contributed by atoms with Crippen molar-refractivity contribution in [3.8, 4) is 17.2 Å². The smallest absolute Gasteiger partial charge is 0.344 e. The Morgan fingerprint density at radius 2 is 1.90 bits per heavy atom. The molecule has 0 radical (unpaired) electrons. The Morgan fingerprint density at radius 3 is 2.70 bits per heavy atom. The fourth-order valence-corrected chi connectivity index (χ4v) is 3.53. The lowest BCUT2D eigenvalue weighted by atomic mass is 10.2. The molecule has 0 saturated heterocycles. The molecule has 2 aromatic heterocycles. The molecule has 30 heavy (non-hydrogen) atoms. The molecule has 4 aromatic rings. The number of aromatic nitrogens is 3. The molecule has 0 saturated carbocycles. The van der Waals surface area contributed by atoms with E-state index in [1.54, 1.807) is 16.7 Å². The number of nitrogens with zero attached hydrogens (tertiary/aromatic N) is 3. The number of carbonyl (C=O) groups is 1. The highest BCUT2D eigenvalue weighted by molar-refractivity contribution is 6.09. The Hall–Kier alpha value is -3.81. The summed E-state index contributed by atoms with van der Waals surface area (Å²) in [4.78, 5) is 22.3. The molecule has 5 rings (SSSR count). The minimum atomic E-state index is -0.505. The molecule has 1 aliphatic rings. The van der Waals surface area contributed by atoms with Crippen LogP contribution in [0.1, 0.15) is 30.1 Å². The van der Waals surface area contributed by atoms with Crippen molar-refractivity contribution >= 4 is 34.0 Å². The van der Waals surface area contributed by atoms with Gasteiger partial charge in [0.1, 0.15) is 16.9 Å². The van der Waals surface area contributed by atoms with Crippen LogP contribution in [0.4, 0.5) is 5.82 Å². The van der Waals surface area contributed by atoms with Gasteiger partial charge in [0.25, 0.3) is 0 Å². The molecule has 0 spiro atoms. The molecule has 8 heteroatoms. The van der Waals surface area contributed by atoms with Crippen LogP contribution in [0.5, 0.6) is 11.5 Å². The number of rotatable bonds is 5. The van der Waals surface area contributed by atoms with Crippen molar-refractivity contribution in [1.29, 1.82) is 0 Å². The highest BCUT2D eigenvalue weighted by Gasteiger charge is 2.26. The number of carbonyl (C=O) groups excluding carboxylic acids is 1. The van der Waals surface area contributed by atoms with Crippen LogP contribution in [-0.2, 0) is 4.74 Å². The predicted molar refractivity (Wildman–Crippen MR) is 112 cm³/mol. The highest BCUT2D eigenvalue weighted by atomic mass is 16.7. The minimum Gasteiger partial charge on any atom is -0.462 e. The molecule has 0 atom stereocenters. The maximum atomic E-state index is 12.9.